The summed E-state index contributed by atoms with van der Waals surface area (Å²) in [5.74, 6) is 0. The molecule has 114 valence electrons. The second-order valence-electron chi connectivity index (χ2n) is 5.02. The molecule has 1 atom stereocenters. The van der Waals surface area contributed by atoms with Crippen molar-refractivity contribution in [2.75, 3.05) is 6.54 Å². The van der Waals surface area contributed by atoms with Gasteiger partial charge in [0.25, 0.3) is 0 Å². The van der Waals surface area contributed by atoms with Gasteiger partial charge in [0.15, 0.2) is 0 Å². The lowest BCUT2D eigenvalue weighted by atomic mass is 9.99. The molecule has 0 saturated heterocycles. The van der Waals surface area contributed by atoms with E-state index in [1.54, 1.807) is 0 Å². The van der Waals surface area contributed by atoms with E-state index in [2.05, 4.69) is 21.2 Å². The molecule has 0 heterocycles. The van der Waals surface area contributed by atoms with Crippen LogP contribution in [0.3, 0.4) is 0 Å². The molecule has 0 aliphatic heterocycles. The minimum Gasteiger partial charge on any atom is -0.310 e. The first-order valence-corrected chi connectivity index (χ1v) is 7.69. The van der Waals surface area contributed by atoms with Gasteiger partial charge in [0, 0.05) is 16.9 Å². The summed E-state index contributed by atoms with van der Waals surface area (Å²) in [7, 11) is 0. The van der Waals surface area contributed by atoms with Gasteiger partial charge in [-0.2, -0.15) is 13.2 Å². The Morgan fingerprint density at radius 3 is 2.55 bits per heavy atom. The monoisotopic (exact) mass is 351 g/mol. The molecule has 1 unspecified atom stereocenters. The van der Waals surface area contributed by atoms with E-state index in [1.165, 1.54) is 0 Å². The molecule has 1 N–H and O–H groups in total. The van der Waals surface area contributed by atoms with Crippen LogP contribution in [-0.2, 0) is 0 Å². The Hall–Kier alpha value is -0.550. The van der Waals surface area contributed by atoms with Crippen LogP contribution in [0.4, 0.5) is 13.2 Å². The summed E-state index contributed by atoms with van der Waals surface area (Å²) in [5, 5.41) is 3.33. The SMILES string of the molecule is CCCNC(CCCC(F)(F)F)c1ccc(C)c(Br)c1. The van der Waals surface area contributed by atoms with Crippen LogP contribution in [0.1, 0.15) is 49.8 Å². The van der Waals surface area contributed by atoms with Gasteiger partial charge < -0.3 is 5.32 Å². The van der Waals surface area contributed by atoms with Gasteiger partial charge in [-0.25, -0.2) is 0 Å². The van der Waals surface area contributed by atoms with Gasteiger partial charge in [0.05, 0.1) is 0 Å². The standard InChI is InChI=1S/C15H21BrF3N/c1-3-9-20-14(5-4-8-15(17,18)19)12-7-6-11(2)13(16)10-12/h6-7,10,14,20H,3-5,8-9H2,1-2H3. The topological polar surface area (TPSA) is 12.0 Å². The van der Waals surface area contributed by atoms with Gasteiger partial charge in [0.2, 0.25) is 0 Å². The fraction of sp³-hybridized carbons (Fsp3) is 0.600. The van der Waals surface area contributed by atoms with Crippen LogP contribution in [0.2, 0.25) is 0 Å². The van der Waals surface area contributed by atoms with E-state index in [1.807, 2.05) is 32.0 Å². The minimum absolute atomic E-state index is 0.0193. The number of hydrogen-bond donors (Lipinski definition) is 1. The molecule has 1 aromatic carbocycles. The van der Waals surface area contributed by atoms with Crippen molar-refractivity contribution in [2.45, 2.75) is 51.7 Å². The molecule has 20 heavy (non-hydrogen) atoms. The van der Waals surface area contributed by atoms with E-state index in [0.29, 0.717) is 6.42 Å². The third-order valence-corrected chi connectivity index (χ3v) is 4.05. The summed E-state index contributed by atoms with van der Waals surface area (Å²) in [6.07, 6.45) is -3.18. The molecule has 0 amide bonds. The van der Waals surface area contributed by atoms with Crippen LogP contribution in [0.5, 0.6) is 0 Å². The lowest BCUT2D eigenvalue weighted by Gasteiger charge is -2.20. The summed E-state index contributed by atoms with van der Waals surface area (Å²) < 4.78 is 37.7. The third-order valence-electron chi connectivity index (χ3n) is 3.19. The number of aryl methyl sites for hydroxylation is 1. The van der Waals surface area contributed by atoms with E-state index in [0.717, 1.165) is 28.6 Å². The van der Waals surface area contributed by atoms with Crippen LogP contribution in [-0.4, -0.2) is 12.7 Å². The Kier molecular flexibility index (Phi) is 7.03. The van der Waals surface area contributed by atoms with Gasteiger partial charge in [-0.1, -0.05) is 35.0 Å². The first-order chi connectivity index (χ1) is 9.33. The lowest BCUT2D eigenvalue weighted by molar-refractivity contribution is -0.135. The molecule has 1 rings (SSSR count). The van der Waals surface area contributed by atoms with Gasteiger partial charge in [-0.15, -0.1) is 0 Å². The average Bonchev–Trinajstić information content (AvgIpc) is 2.35. The molecule has 0 aromatic heterocycles. The smallest absolute Gasteiger partial charge is 0.310 e. The molecule has 0 fully saturated rings. The molecule has 1 aromatic rings. The van der Waals surface area contributed by atoms with Crippen molar-refractivity contribution in [3.63, 3.8) is 0 Å². The molecule has 1 nitrogen and oxygen atoms in total. The van der Waals surface area contributed by atoms with Crippen LogP contribution in [0, 0.1) is 6.92 Å². The largest absolute Gasteiger partial charge is 0.389 e. The van der Waals surface area contributed by atoms with Crippen LogP contribution >= 0.6 is 15.9 Å². The number of alkyl halides is 3. The van der Waals surface area contributed by atoms with Crippen molar-refractivity contribution in [1.82, 2.24) is 5.32 Å². The summed E-state index contributed by atoms with van der Waals surface area (Å²) >= 11 is 3.47. The van der Waals surface area contributed by atoms with Crippen molar-refractivity contribution < 1.29 is 13.2 Å². The van der Waals surface area contributed by atoms with Gasteiger partial charge in [0.1, 0.15) is 0 Å². The van der Waals surface area contributed by atoms with E-state index in [-0.39, 0.29) is 12.5 Å². The van der Waals surface area contributed by atoms with E-state index >= 15 is 0 Å². The summed E-state index contributed by atoms with van der Waals surface area (Å²) in [6, 6.07) is 5.95. The highest BCUT2D eigenvalue weighted by atomic mass is 79.9. The van der Waals surface area contributed by atoms with Crippen LogP contribution in [0.25, 0.3) is 0 Å². The molecule has 0 spiro atoms. The minimum atomic E-state index is -4.07. The number of halogens is 4. The Morgan fingerprint density at radius 2 is 2.00 bits per heavy atom. The quantitative estimate of drug-likeness (QED) is 0.680. The summed E-state index contributed by atoms with van der Waals surface area (Å²) in [6.45, 7) is 4.85. The third kappa shape index (κ3) is 6.27. The van der Waals surface area contributed by atoms with Gasteiger partial charge >= 0.3 is 6.18 Å². The highest BCUT2D eigenvalue weighted by molar-refractivity contribution is 9.10. The fourth-order valence-corrected chi connectivity index (χ4v) is 2.43. The Bertz CT molecular complexity index is 418. The Balaban J connectivity index is 2.69. The van der Waals surface area contributed by atoms with Crippen molar-refractivity contribution in [2.24, 2.45) is 0 Å². The fourth-order valence-electron chi connectivity index (χ4n) is 2.04. The van der Waals surface area contributed by atoms with Crippen molar-refractivity contribution in [1.29, 1.82) is 0 Å². The number of hydrogen-bond acceptors (Lipinski definition) is 1. The first kappa shape index (κ1) is 17.5. The maximum absolute atomic E-state index is 12.2. The molecular weight excluding hydrogens is 331 g/mol. The zero-order valence-electron chi connectivity index (χ0n) is 11.9. The van der Waals surface area contributed by atoms with Crippen molar-refractivity contribution >= 4 is 15.9 Å². The molecule has 0 saturated carbocycles. The second kappa shape index (κ2) is 8.03. The number of nitrogens with one attached hydrogen (secondary N) is 1. The predicted molar refractivity (Wildman–Crippen MR) is 79.8 cm³/mol. The normalized spacial score (nSPS) is 13.5. The molecule has 0 radical (unpaired) electrons. The molecule has 0 bridgehead atoms. The Labute approximate surface area is 127 Å². The zero-order chi connectivity index (χ0) is 15.2. The predicted octanol–water partition coefficient (Wildman–Crippen LogP) is 5.53. The van der Waals surface area contributed by atoms with Crippen LogP contribution in [0.15, 0.2) is 22.7 Å². The van der Waals surface area contributed by atoms with Crippen molar-refractivity contribution in [3.8, 4) is 0 Å². The maximum Gasteiger partial charge on any atom is 0.389 e. The van der Waals surface area contributed by atoms with Gasteiger partial charge in [-0.3, -0.25) is 0 Å². The number of rotatable bonds is 7. The van der Waals surface area contributed by atoms with E-state index in [4.69, 9.17) is 0 Å². The second-order valence-corrected chi connectivity index (χ2v) is 5.88. The summed E-state index contributed by atoms with van der Waals surface area (Å²) in [5.41, 5.74) is 2.16. The molecule has 0 aliphatic rings. The zero-order valence-corrected chi connectivity index (χ0v) is 13.4. The van der Waals surface area contributed by atoms with E-state index < -0.39 is 12.6 Å². The first-order valence-electron chi connectivity index (χ1n) is 6.89. The average molecular weight is 352 g/mol. The molecule has 5 heteroatoms. The number of benzene rings is 1. The summed E-state index contributed by atoms with van der Waals surface area (Å²) in [4.78, 5) is 0. The molecular formula is C15H21BrF3N. The Morgan fingerprint density at radius 1 is 1.30 bits per heavy atom. The molecule has 0 aliphatic carbocycles. The highest BCUT2D eigenvalue weighted by Crippen LogP contribution is 2.28. The lowest BCUT2D eigenvalue weighted by Crippen LogP contribution is -2.22. The van der Waals surface area contributed by atoms with Gasteiger partial charge in [-0.05, 0) is 49.9 Å². The maximum atomic E-state index is 12.2. The van der Waals surface area contributed by atoms with E-state index in [9.17, 15) is 13.2 Å². The van der Waals surface area contributed by atoms with Crippen LogP contribution < -0.4 is 5.32 Å². The van der Waals surface area contributed by atoms with Crippen molar-refractivity contribution in [3.05, 3.63) is 33.8 Å². The highest BCUT2D eigenvalue weighted by Gasteiger charge is 2.26.